The van der Waals surface area contributed by atoms with E-state index in [1.807, 2.05) is 36.4 Å². The molecule has 0 saturated heterocycles. The Kier molecular flexibility index (Phi) is 3.25. The van der Waals surface area contributed by atoms with Gasteiger partial charge in [0.15, 0.2) is 0 Å². The van der Waals surface area contributed by atoms with Crippen LogP contribution in [0.3, 0.4) is 0 Å². The van der Waals surface area contributed by atoms with E-state index >= 15 is 0 Å². The summed E-state index contributed by atoms with van der Waals surface area (Å²) in [5, 5.41) is 0. The van der Waals surface area contributed by atoms with Crippen molar-refractivity contribution >= 4 is 5.97 Å². The van der Waals surface area contributed by atoms with Gasteiger partial charge < -0.3 is 9.47 Å². The number of carbonyl (C=O) groups excluding carboxylic acids is 1. The van der Waals surface area contributed by atoms with Gasteiger partial charge in [-0.3, -0.25) is 0 Å². The van der Waals surface area contributed by atoms with Gasteiger partial charge in [0.25, 0.3) is 0 Å². The number of allylic oxidation sites excluding steroid dienone is 1. The molecule has 0 bridgehead atoms. The molecule has 0 atom stereocenters. The molecule has 0 aromatic heterocycles. The highest BCUT2D eigenvalue weighted by molar-refractivity contribution is 5.93. The summed E-state index contributed by atoms with van der Waals surface area (Å²) in [5.41, 5.74) is 2.59. The van der Waals surface area contributed by atoms with Gasteiger partial charge in [-0.25, -0.2) is 4.79 Å². The first-order chi connectivity index (χ1) is 9.72. The van der Waals surface area contributed by atoms with Crippen molar-refractivity contribution in [2.24, 2.45) is 0 Å². The lowest BCUT2D eigenvalue weighted by atomic mass is 10.0. The minimum absolute atomic E-state index is 0.342. The Morgan fingerprint density at radius 1 is 1.15 bits per heavy atom. The van der Waals surface area contributed by atoms with E-state index in [-0.39, 0.29) is 5.97 Å². The molecule has 0 unspecified atom stereocenters. The van der Waals surface area contributed by atoms with E-state index in [1.54, 1.807) is 12.1 Å². The van der Waals surface area contributed by atoms with Crippen LogP contribution in [-0.2, 0) is 17.8 Å². The molecule has 0 spiro atoms. The Morgan fingerprint density at radius 3 is 2.75 bits per heavy atom. The number of ether oxygens (including phenoxy) is 2. The molecular weight excluding hydrogens is 252 g/mol. The van der Waals surface area contributed by atoms with E-state index in [1.165, 1.54) is 0 Å². The van der Waals surface area contributed by atoms with Crippen LogP contribution in [0.5, 0.6) is 5.75 Å². The summed E-state index contributed by atoms with van der Waals surface area (Å²) in [7, 11) is 0. The molecule has 0 amide bonds. The van der Waals surface area contributed by atoms with E-state index in [9.17, 15) is 4.79 Å². The predicted molar refractivity (Wildman–Crippen MR) is 75.5 cm³/mol. The van der Waals surface area contributed by atoms with Gasteiger partial charge in [0, 0.05) is 6.42 Å². The standard InChI is InChI=1S/C17H14O3/c1-12-9-14-10-15(7-8-16(14)17(18)20-12)19-11-13-5-3-2-4-6-13/h2-8,10H,1,9,11H2. The summed E-state index contributed by atoms with van der Waals surface area (Å²) in [6.45, 7) is 4.21. The van der Waals surface area contributed by atoms with Crippen molar-refractivity contribution in [3.05, 3.63) is 77.6 Å². The van der Waals surface area contributed by atoms with Crippen LogP contribution in [0.1, 0.15) is 21.5 Å². The Hall–Kier alpha value is -2.55. The number of hydrogen-bond acceptors (Lipinski definition) is 3. The molecule has 0 radical (unpaired) electrons. The lowest BCUT2D eigenvalue weighted by molar-refractivity contribution is 0.0600. The normalized spacial score (nSPS) is 13.6. The number of hydrogen-bond donors (Lipinski definition) is 0. The minimum atomic E-state index is -0.342. The van der Waals surface area contributed by atoms with Crippen LogP contribution in [0.25, 0.3) is 0 Å². The number of carbonyl (C=O) groups is 1. The zero-order valence-corrected chi connectivity index (χ0v) is 11.0. The molecule has 0 fully saturated rings. The van der Waals surface area contributed by atoms with Gasteiger partial charge in [-0.05, 0) is 29.3 Å². The first-order valence-electron chi connectivity index (χ1n) is 6.42. The minimum Gasteiger partial charge on any atom is -0.489 e. The fraction of sp³-hybridized carbons (Fsp3) is 0.118. The first-order valence-corrected chi connectivity index (χ1v) is 6.42. The highest BCUT2D eigenvalue weighted by Crippen LogP contribution is 2.26. The highest BCUT2D eigenvalue weighted by Gasteiger charge is 2.21. The number of cyclic esters (lactones) is 1. The molecule has 20 heavy (non-hydrogen) atoms. The van der Waals surface area contributed by atoms with Gasteiger partial charge in [0.1, 0.15) is 18.1 Å². The molecule has 3 nitrogen and oxygen atoms in total. The van der Waals surface area contributed by atoms with Gasteiger partial charge >= 0.3 is 5.97 Å². The second-order valence-electron chi connectivity index (χ2n) is 4.70. The zero-order chi connectivity index (χ0) is 13.9. The van der Waals surface area contributed by atoms with E-state index in [0.717, 1.165) is 16.9 Å². The number of fused-ring (bicyclic) bond motifs is 1. The fourth-order valence-electron chi connectivity index (χ4n) is 2.18. The maximum absolute atomic E-state index is 11.7. The van der Waals surface area contributed by atoms with Gasteiger partial charge in [-0.2, -0.15) is 0 Å². The highest BCUT2D eigenvalue weighted by atomic mass is 16.5. The summed E-state index contributed by atoms with van der Waals surface area (Å²) in [5.74, 6) is 0.878. The maximum atomic E-state index is 11.7. The van der Waals surface area contributed by atoms with Crippen LogP contribution in [0, 0.1) is 0 Å². The molecule has 2 aromatic carbocycles. The van der Waals surface area contributed by atoms with Crippen molar-refractivity contribution in [1.82, 2.24) is 0 Å². The van der Waals surface area contributed by atoms with Gasteiger partial charge in [-0.1, -0.05) is 36.9 Å². The van der Waals surface area contributed by atoms with Gasteiger partial charge in [-0.15, -0.1) is 0 Å². The number of benzene rings is 2. The maximum Gasteiger partial charge on any atom is 0.343 e. The Bertz CT molecular complexity index is 659. The third kappa shape index (κ3) is 2.57. The van der Waals surface area contributed by atoms with Crippen LogP contribution in [0.15, 0.2) is 60.9 Å². The molecule has 1 aliphatic heterocycles. The zero-order valence-electron chi connectivity index (χ0n) is 11.0. The fourth-order valence-corrected chi connectivity index (χ4v) is 2.18. The summed E-state index contributed by atoms with van der Waals surface area (Å²) in [6, 6.07) is 15.4. The third-order valence-electron chi connectivity index (χ3n) is 3.17. The topological polar surface area (TPSA) is 35.5 Å². The third-order valence-corrected chi connectivity index (χ3v) is 3.17. The van der Waals surface area contributed by atoms with Crippen LogP contribution in [0.4, 0.5) is 0 Å². The number of esters is 1. The average molecular weight is 266 g/mol. The van der Waals surface area contributed by atoms with Gasteiger partial charge in [0.05, 0.1) is 5.56 Å². The Balaban J connectivity index is 1.77. The van der Waals surface area contributed by atoms with Crippen LogP contribution in [0.2, 0.25) is 0 Å². The molecule has 3 rings (SSSR count). The summed E-state index contributed by atoms with van der Waals surface area (Å²) in [6.07, 6.45) is 0.545. The van der Waals surface area contributed by atoms with Crippen molar-refractivity contribution in [3.63, 3.8) is 0 Å². The Labute approximate surface area is 117 Å². The van der Waals surface area contributed by atoms with E-state index in [4.69, 9.17) is 9.47 Å². The molecule has 0 N–H and O–H groups in total. The van der Waals surface area contributed by atoms with Gasteiger partial charge in [0.2, 0.25) is 0 Å². The smallest absolute Gasteiger partial charge is 0.343 e. The molecule has 100 valence electrons. The molecule has 0 aliphatic carbocycles. The van der Waals surface area contributed by atoms with E-state index in [2.05, 4.69) is 6.58 Å². The summed E-state index contributed by atoms with van der Waals surface area (Å²) in [4.78, 5) is 11.7. The summed E-state index contributed by atoms with van der Waals surface area (Å²) >= 11 is 0. The van der Waals surface area contributed by atoms with Crippen molar-refractivity contribution in [2.45, 2.75) is 13.0 Å². The molecule has 0 saturated carbocycles. The van der Waals surface area contributed by atoms with Crippen LogP contribution >= 0.6 is 0 Å². The van der Waals surface area contributed by atoms with Crippen molar-refractivity contribution < 1.29 is 14.3 Å². The van der Waals surface area contributed by atoms with Crippen molar-refractivity contribution in [2.75, 3.05) is 0 Å². The monoisotopic (exact) mass is 266 g/mol. The second-order valence-corrected chi connectivity index (χ2v) is 4.70. The summed E-state index contributed by atoms with van der Waals surface area (Å²) < 4.78 is 10.8. The van der Waals surface area contributed by atoms with Crippen LogP contribution < -0.4 is 4.74 Å². The largest absolute Gasteiger partial charge is 0.489 e. The van der Waals surface area contributed by atoms with Crippen LogP contribution in [-0.4, -0.2) is 5.97 Å². The van der Waals surface area contributed by atoms with Crippen molar-refractivity contribution in [1.29, 1.82) is 0 Å². The lowest BCUT2D eigenvalue weighted by Gasteiger charge is -2.18. The molecule has 2 aromatic rings. The molecule has 1 aliphatic rings. The van der Waals surface area contributed by atoms with Crippen molar-refractivity contribution in [3.8, 4) is 5.75 Å². The van der Waals surface area contributed by atoms with E-state index < -0.39 is 0 Å². The van der Waals surface area contributed by atoms with E-state index in [0.29, 0.717) is 24.4 Å². The first kappa shape index (κ1) is 12.5. The number of rotatable bonds is 3. The SMILES string of the molecule is C=C1Cc2cc(OCc3ccccc3)ccc2C(=O)O1. The Morgan fingerprint density at radius 2 is 1.95 bits per heavy atom. The second kappa shape index (κ2) is 5.21. The molecule has 3 heteroatoms. The quantitative estimate of drug-likeness (QED) is 0.798. The molecule has 1 heterocycles. The average Bonchev–Trinajstić information content (AvgIpc) is 2.45. The molecular formula is C17H14O3. The predicted octanol–water partition coefficient (Wildman–Crippen LogP) is 3.49. The lowest BCUT2D eigenvalue weighted by Crippen LogP contribution is -2.15.